The largest absolute Gasteiger partial charge is 0.487 e. The zero-order valence-corrected chi connectivity index (χ0v) is 8.99. The van der Waals surface area contributed by atoms with Gasteiger partial charge in [-0.15, -0.1) is 0 Å². The van der Waals surface area contributed by atoms with Gasteiger partial charge in [-0.25, -0.2) is 8.78 Å². The molecule has 0 aromatic heterocycles. The van der Waals surface area contributed by atoms with Crippen LogP contribution in [-0.4, -0.2) is 0 Å². The third-order valence-corrected chi connectivity index (χ3v) is 2.30. The molecule has 0 spiro atoms. The Morgan fingerprint density at radius 2 is 1.76 bits per heavy atom. The van der Waals surface area contributed by atoms with E-state index in [2.05, 4.69) is 0 Å². The maximum absolute atomic E-state index is 12.9. The third-order valence-electron chi connectivity index (χ3n) is 2.30. The summed E-state index contributed by atoms with van der Waals surface area (Å²) in [6.45, 7) is 0.144. The van der Waals surface area contributed by atoms with Crippen molar-refractivity contribution in [3.05, 3.63) is 59.7 Å². The molecule has 0 aliphatic heterocycles. The van der Waals surface area contributed by atoms with E-state index in [9.17, 15) is 8.78 Å². The highest BCUT2D eigenvalue weighted by molar-refractivity contribution is 5.51. The number of anilines is 1. The number of hydrogen-bond acceptors (Lipinski definition) is 2. The van der Waals surface area contributed by atoms with Crippen LogP contribution in [0.25, 0.3) is 0 Å². The summed E-state index contributed by atoms with van der Waals surface area (Å²) >= 11 is 0. The minimum Gasteiger partial charge on any atom is -0.487 e. The normalized spacial score (nSPS) is 10.2. The first-order chi connectivity index (χ1) is 8.16. The molecule has 2 aromatic rings. The van der Waals surface area contributed by atoms with E-state index < -0.39 is 11.6 Å². The molecule has 0 saturated heterocycles. The Hall–Kier alpha value is -2.10. The lowest BCUT2D eigenvalue weighted by atomic mass is 10.2. The van der Waals surface area contributed by atoms with Gasteiger partial charge in [0.15, 0.2) is 11.6 Å². The fourth-order valence-corrected chi connectivity index (χ4v) is 1.40. The first-order valence-corrected chi connectivity index (χ1v) is 5.08. The first-order valence-electron chi connectivity index (χ1n) is 5.08. The second-order valence-corrected chi connectivity index (χ2v) is 3.57. The van der Waals surface area contributed by atoms with Crippen molar-refractivity contribution in [2.45, 2.75) is 6.61 Å². The van der Waals surface area contributed by atoms with Gasteiger partial charge in [-0.3, -0.25) is 0 Å². The molecule has 17 heavy (non-hydrogen) atoms. The Morgan fingerprint density at radius 3 is 2.47 bits per heavy atom. The molecule has 2 rings (SSSR count). The van der Waals surface area contributed by atoms with Crippen molar-refractivity contribution in [2.75, 3.05) is 5.73 Å². The second-order valence-electron chi connectivity index (χ2n) is 3.57. The molecule has 4 heteroatoms. The van der Waals surface area contributed by atoms with Gasteiger partial charge in [0.1, 0.15) is 12.4 Å². The van der Waals surface area contributed by atoms with Gasteiger partial charge in [0.2, 0.25) is 0 Å². The fraction of sp³-hybridized carbons (Fsp3) is 0.0769. The molecular weight excluding hydrogens is 224 g/mol. The summed E-state index contributed by atoms with van der Waals surface area (Å²) in [4.78, 5) is 0. The van der Waals surface area contributed by atoms with Gasteiger partial charge in [-0.1, -0.05) is 18.2 Å². The summed E-state index contributed by atoms with van der Waals surface area (Å²) in [7, 11) is 0. The smallest absolute Gasteiger partial charge is 0.159 e. The van der Waals surface area contributed by atoms with Crippen LogP contribution in [0.4, 0.5) is 14.5 Å². The van der Waals surface area contributed by atoms with Gasteiger partial charge < -0.3 is 10.5 Å². The van der Waals surface area contributed by atoms with Crippen LogP contribution >= 0.6 is 0 Å². The average molecular weight is 235 g/mol. The van der Waals surface area contributed by atoms with Crippen molar-refractivity contribution in [1.82, 2.24) is 0 Å². The summed E-state index contributed by atoms with van der Waals surface area (Å²) < 4.78 is 31.0. The van der Waals surface area contributed by atoms with Gasteiger partial charge >= 0.3 is 0 Å². The SMILES string of the molecule is Nc1ccccc1OCc1ccc(F)c(F)c1. The van der Waals surface area contributed by atoms with Crippen LogP contribution in [0.5, 0.6) is 5.75 Å². The third kappa shape index (κ3) is 2.72. The molecule has 88 valence electrons. The number of benzene rings is 2. The lowest BCUT2D eigenvalue weighted by molar-refractivity contribution is 0.307. The highest BCUT2D eigenvalue weighted by Crippen LogP contribution is 2.21. The molecule has 0 aliphatic carbocycles. The summed E-state index contributed by atoms with van der Waals surface area (Å²) in [6.07, 6.45) is 0. The van der Waals surface area contributed by atoms with E-state index in [1.165, 1.54) is 6.07 Å². The number of para-hydroxylation sites is 2. The Bertz CT molecular complexity index is 529. The molecule has 0 atom stereocenters. The van der Waals surface area contributed by atoms with Crippen LogP contribution in [0.15, 0.2) is 42.5 Å². The number of hydrogen-bond donors (Lipinski definition) is 1. The van der Waals surface area contributed by atoms with Crippen LogP contribution in [0, 0.1) is 11.6 Å². The molecule has 0 unspecified atom stereocenters. The molecule has 2 aromatic carbocycles. The van der Waals surface area contributed by atoms with E-state index in [1.54, 1.807) is 24.3 Å². The monoisotopic (exact) mass is 235 g/mol. The summed E-state index contributed by atoms with van der Waals surface area (Å²) in [5, 5.41) is 0. The lowest BCUT2D eigenvalue weighted by Gasteiger charge is -2.08. The topological polar surface area (TPSA) is 35.2 Å². The quantitative estimate of drug-likeness (QED) is 0.829. The Balaban J connectivity index is 2.08. The summed E-state index contributed by atoms with van der Waals surface area (Å²) in [5.74, 6) is -1.22. The van der Waals surface area contributed by atoms with Crippen molar-refractivity contribution in [3.63, 3.8) is 0 Å². The van der Waals surface area contributed by atoms with Crippen LogP contribution in [0.1, 0.15) is 5.56 Å². The number of rotatable bonds is 3. The molecule has 0 amide bonds. The summed E-state index contributed by atoms with van der Waals surface area (Å²) in [6, 6.07) is 10.7. The Kier molecular flexibility index (Phi) is 3.23. The predicted octanol–water partition coefficient (Wildman–Crippen LogP) is 3.13. The van der Waals surface area contributed by atoms with E-state index in [-0.39, 0.29) is 6.61 Å². The highest BCUT2D eigenvalue weighted by atomic mass is 19.2. The van der Waals surface area contributed by atoms with E-state index in [0.717, 1.165) is 12.1 Å². The van der Waals surface area contributed by atoms with E-state index in [4.69, 9.17) is 10.5 Å². The molecule has 0 heterocycles. The molecule has 2 N–H and O–H groups in total. The summed E-state index contributed by atoms with van der Waals surface area (Å²) in [5.41, 5.74) is 6.74. The van der Waals surface area contributed by atoms with Crippen molar-refractivity contribution < 1.29 is 13.5 Å². The number of halogens is 2. The van der Waals surface area contributed by atoms with Crippen LogP contribution < -0.4 is 10.5 Å². The number of nitrogens with two attached hydrogens (primary N) is 1. The van der Waals surface area contributed by atoms with Gasteiger partial charge in [-0.2, -0.15) is 0 Å². The maximum Gasteiger partial charge on any atom is 0.159 e. The van der Waals surface area contributed by atoms with Crippen molar-refractivity contribution in [1.29, 1.82) is 0 Å². The molecule has 0 aliphatic rings. The van der Waals surface area contributed by atoms with E-state index in [0.29, 0.717) is 17.0 Å². The Morgan fingerprint density at radius 1 is 1.00 bits per heavy atom. The molecule has 2 nitrogen and oxygen atoms in total. The standard InChI is InChI=1S/C13H11F2NO/c14-10-6-5-9(7-11(10)15)8-17-13-4-2-1-3-12(13)16/h1-7H,8,16H2. The van der Waals surface area contributed by atoms with E-state index >= 15 is 0 Å². The fourth-order valence-electron chi connectivity index (χ4n) is 1.40. The first kappa shape index (κ1) is 11.4. The number of ether oxygens (including phenoxy) is 1. The van der Waals surface area contributed by atoms with Gasteiger partial charge in [0.25, 0.3) is 0 Å². The molecule has 0 bridgehead atoms. The zero-order chi connectivity index (χ0) is 12.3. The van der Waals surface area contributed by atoms with Crippen molar-refractivity contribution in [2.24, 2.45) is 0 Å². The molecule has 0 radical (unpaired) electrons. The van der Waals surface area contributed by atoms with Crippen LogP contribution in [0.2, 0.25) is 0 Å². The highest BCUT2D eigenvalue weighted by Gasteiger charge is 2.04. The van der Waals surface area contributed by atoms with Crippen LogP contribution in [0.3, 0.4) is 0 Å². The minimum absolute atomic E-state index is 0.144. The van der Waals surface area contributed by atoms with Crippen molar-refractivity contribution >= 4 is 5.69 Å². The molecule has 0 saturated carbocycles. The van der Waals surface area contributed by atoms with Crippen molar-refractivity contribution in [3.8, 4) is 5.75 Å². The number of nitrogen functional groups attached to an aromatic ring is 1. The van der Waals surface area contributed by atoms with Gasteiger partial charge in [-0.05, 0) is 29.8 Å². The van der Waals surface area contributed by atoms with Crippen LogP contribution in [-0.2, 0) is 6.61 Å². The van der Waals surface area contributed by atoms with E-state index in [1.807, 2.05) is 0 Å². The second kappa shape index (κ2) is 4.82. The molecular formula is C13H11F2NO. The average Bonchev–Trinajstić information content (AvgIpc) is 2.32. The van der Waals surface area contributed by atoms with Gasteiger partial charge in [0, 0.05) is 0 Å². The van der Waals surface area contributed by atoms with Gasteiger partial charge in [0.05, 0.1) is 5.69 Å². The zero-order valence-electron chi connectivity index (χ0n) is 8.99. The lowest BCUT2D eigenvalue weighted by Crippen LogP contribution is -1.99. The minimum atomic E-state index is -0.882. The maximum atomic E-state index is 12.9. The Labute approximate surface area is 97.6 Å². The molecule has 0 fully saturated rings. The predicted molar refractivity (Wildman–Crippen MR) is 61.5 cm³/mol.